The molecule has 2 heterocycles. The fourth-order valence-electron chi connectivity index (χ4n) is 0.963. The van der Waals surface area contributed by atoms with Crippen molar-refractivity contribution in [2.75, 3.05) is 0 Å². The summed E-state index contributed by atoms with van der Waals surface area (Å²) in [6.45, 7) is 0. The number of halogens is 1. The zero-order valence-corrected chi connectivity index (χ0v) is 7.79. The maximum Gasteiger partial charge on any atom is 0.102 e. The maximum absolute atomic E-state index is 8.66. The summed E-state index contributed by atoms with van der Waals surface area (Å²) in [6, 6.07) is 2.12. The first kappa shape index (κ1) is 6.89. The van der Waals surface area contributed by atoms with Crippen LogP contribution in [0.4, 0.5) is 0 Å². The Balaban J connectivity index is 2.90. The van der Waals surface area contributed by atoms with E-state index in [0.29, 0.717) is 0 Å². The van der Waals surface area contributed by atoms with E-state index in [9.17, 15) is 0 Å². The van der Waals surface area contributed by atoms with Gasteiger partial charge in [0.25, 0.3) is 0 Å². The van der Waals surface area contributed by atoms with Gasteiger partial charge in [0.2, 0.25) is 0 Å². The van der Waals surface area contributed by atoms with E-state index >= 15 is 0 Å². The van der Waals surface area contributed by atoms with Crippen LogP contribution in [0.15, 0.2) is 16.0 Å². The normalized spacial score (nSPS) is 10.2. The van der Waals surface area contributed by atoms with Crippen LogP contribution < -0.4 is 0 Å². The second-order valence-corrected chi connectivity index (χ2v) is 3.84. The molecule has 2 aromatic heterocycles. The Morgan fingerprint density at radius 2 is 2.45 bits per heavy atom. The molecule has 1 N–H and O–H groups in total. The number of hydrogen-bond donors (Lipinski definition) is 1. The smallest absolute Gasteiger partial charge is 0.102 e. The van der Waals surface area contributed by atoms with Crippen molar-refractivity contribution in [3.05, 3.63) is 21.6 Å². The van der Waals surface area contributed by atoms with Gasteiger partial charge in [-0.25, -0.2) is 0 Å². The number of aromatic amines is 1. The van der Waals surface area contributed by atoms with Gasteiger partial charge in [-0.2, -0.15) is 5.26 Å². The van der Waals surface area contributed by atoms with Gasteiger partial charge in [-0.15, -0.1) is 11.3 Å². The minimum absolute atomic E-state index is 0.718. The standard InChI is InChI=1S/C7H3BrN2S/c8-5-3-11-7-4(1-9)2-10-6(5)7/h2-3,10H. The van der Waals surface area contributed by atoms with E-state index in [1.165, 1.54) is 0 Å². The van der Waals surface area contributed by atoms with Crippen LogP contribution in [-0.2, 0) is 0 Å². The van der Waals surface area contributed by atoms with Crippen LogP contribution >= 0.6 is 27.3 Å². The number of rotatable bonds is 0. The number of nitrogens with zero attached hydrogens (tertiary/aromatic N) is 1. The Morgan fingerprint density at radius 3 is 3.18 bits per heavy atom. The number of H-pyrrole nitrogens is 1. The lowest BCUT2D eigenvalue weighted by molar-refractivity contribution is 1.44. The molecular formula is C7H3BrN2S. The van der Waals surface area contributed by atoms with Crippen molar-refractivity contribution in [3.8, 4) is 6.07 Å². The number of fused-ring (bicyclic) bond motifs is 1. The Hall–Kier alpha value is -0.790. The minimum atomic E-state index is 0.718. The predicted molar refractivity (Wildman–Crippen MR) is 48.6 cm³/mol. The summed E-state index contributed by atoms with van der Waals surface area (Å²) in [5, 5.41) is 10.6. The van der Waals surface area contributed by atoms with E-state index in [1.807, 2.05) is 5.38 Å². The summed E-state index contributed by atoms with van der Waals surface area (Å²) in [4.78, 5) is 3.03. The summed E-state index contributed by atoms with van der Waals surface area (Å²) >= 11 is 4.95. The molecule has 0 aliphatic heterocycles. The third-order valence-electron chi connectivity index (χ3n) is 1.47. The highest BCUT2D eigenvalue weighted by Crippen LogP contribution is 2.31. The van der Waals surface area contributed by atoms with Crippen LogP contribution in [0.3, 0.4) is 0 Å². The van der Waals surface area contributed by atoms with Crippen molar-refractivity contribution in [2.45, 2.75) is 0 Å². The average Bonchev–Trinajstić information content (AvgIpc) is 2.53. The molecule has 0 fully saturated rings. The van der Waals surface area contributed by atoms with Gasteiger partial charge in [0.15, 0.2) is 0 Å². The Labute approximate surface area is 75.6 Å². The van der Waals surface area contributed by atoms with Crippen LogP contribution in [0.1, 0.15) is 5.56 Å². The second kappa shape index (κ2) is 2.36. The first-order valence-corrected chi connectivity index (χ1v) is 4.64. The van der Waals surface area contributed by atoms with Crippen molar-refractivity contribution in [1.29, 1.82) is 5.26 Å². The second-order valence-electron chi connectivity index (χ2n) is 2.10. The first-order valence-electron chi connectivity index (χ1n) is 2.97. The van der Waals surface area contributed by atoms with Crippen LogP contribution in [0.25, 0.3) is 10.2 Å². The number of aromatic nitrogens is 1. The van der Waals surface area contributed by atoms with Crippen molar-refractivity contribution < 1.29 is 0 Å². The molecule has 0 aromatic carbocycles. The van der Waals surface area contributed by atoms with E-state index in [4.69, 9.17) is 5.26 Å². The molecule has 2 rings (SSSR count). The molecule has 0 atom stereocenters. The number of nitrogens with one attached hydrogen (secondary N) is 1. The number of nitriles is 1. The topological polar surface area (TPSA) is 39.6 Å². The molecule has 2 aromatic rings. The van der Waals surface area contributed by atoms with E-state index in [2.05, 4.69) is 27.0 Å². The predicted octanol–water partition coefficient (Wildman–Crippen LogP) is 2.86. The van der Waals surface area contributed by atoms with Gasteiger partial charge in [0.05, 0.1) is 20.3 Å². The number of hydrogen-bond acceptors (Lipinski definition) is 2. The van der Waals surface area contributed by atoms with E-state index in [-0.39, 0.29) is 0 Å². The van der Waals surface area contributed by atoms with Gasteiger partial charge in [-0.1, -0.05) is 0 Å². The zero-order chi connectivity index (χ0) is 7.84. The van der Waals surface area contributed by atoms with Gasteiger partial charge in [0.1, 0.15) is 6.07 Å². The SMILES string of the molecule is N#Cc1c[nH]c2c(Br)csc12. The van der Waals surface area contributed by atoms with Crippen LogP contribution in [0.2, 0.25) is 0 Å². The highest BCUT2D eigenvalue weighted by atomic mass is 79.9. The van der Waals surface area contributed by atoms with Crippen molar-refractivity contribution >= 4 is 37.5 Å². The highest BCUT2D eigenvalue weighted by molar-refractivity contribution is 9.10. The molecule has 54 valence electrons. The summed E-state index contributed by atoms with van der Waals surface area (Å²) in [5.74, 6) is 0. The van der Waals surface area contributed by atoms with Gasteiger partial charge in [-0.3, -0.25) is 0 Å². The fourth-order valence-corrected chi connectivity index (χ4v) is 2.54. The third kappa shape index (κ3) is 0.889. The van der Waals surface area contributed by atoms with Gasteiger partial charge >= 0.3 is 0 Å². The van der Waals surface area contributed by atoms with Crippen molar-refractivity contribution in [1.82, 2.24) is 4.98 Å². The van der Waals surface area contributed by atoms with E-state index in [1.54, 1.807) is 17.5 Å². The maximum atomic E-state index is 8.66. The van der Waals surface area contributed by atoms with E-state index < -0.39 is 0 Å². The lowest BCUT2D eigenvalue weighted by Gasteiger charge is -1.76. The summed E-state index contributed by atoms with van der Waals surface area (Å²) in [7, 11) is 0. The molecule has 0 saturated heterocycles. The van der Waals surface area contributed by atoms with Crippen LogP contribution in [0, 0.1) is 11.3 Å². The van der Waals surface area contributed by atoms with Crippen LogP contribution in [-0.4, -0.2) is 4.98 Å². The molecular weight excluding hydrogens is 224 g/mol. The minimum Gasteiger partial charge on any atom is -0.358 e. The zero-order valence-electron chi connectivity index (χ0n) is 5.39. The largest absolute Gasteiger partial charge is 0.358 e. The molecule has 2 nitrogen and oxygen atoms in total. The molecule has 4 heteroatoms. The summed E-state index contributed by atoms with van der Waals surface area (Å²) < 4.78 is 2.05. The van der Waals surface area contributed by atoms with Crippen molar-refractivity contribution in [3.63, 3.8) is 0 Å². The summed E-state index contributed by atoms with van der Waals surface area (Å²) in [5.41, 5.74) is 1.74. The monoisotopic (exact) mass is 226 g/mol. The third-order valence-corrected chi connectivity index (χ3v) is 3.41. The van der Waals surface area contributed by atoms with Crippen LogP contribution in [0.5, 0.6) is 0 Å². The Bertz CT molecular complexity index is 435. The first-order chi connectivity index (χ1) is 5.33. The Morgan fingerprint density at radius 1 is 1.64 bits per heavy atom. The molecule has 0 unspecified atom stereocenters. The molecule has 0 radical (unpaired) electrons. The van der Waals surface area contributed by atoms with Gasteiger partial charge < -0.3 is 4.98 Å². The number of thiophene rings is 1. The molecule has 0 bridgehead atoms. The van der Waals surface area contributed by atoms with Crippen molar-refractivity contribution in [2.24, 2.45) is 0 Å². The Kier molecular flexibility index (Phi) is 1.48. The molecule has 11 heavy (non-hydrogen) atoms. The van der Waals surface area contributed by atoms with Gasteiger partial charge in [-0.05, 0) is 15.9 Å². The molecule has 0 aliphatic carbocycles. The molecule has 0 amide bonds. The summed E-state index contributed by atoms with van der Waals surface area (Å²) in [6.07, 6.45) is 1.73. The molecule has 0 aliphatic rings. The quantitative estimate of drug-likeness (QED) is 0.738. The lowest BCUT2D eigenvalue weighted by Crippen LogP contribution is -1.59. The van der Waals surface area contributed by atoms with E-state index in [0.717, 1.165) is 20.3 Å². The fraction of sp³-hybridized carbons (Fsp3) is 0. The highest BCUT2D eigenvalue weighted by Gasteiger charge is 2.06. The lowest BCUT2D eigenvalue weighted by atomic mass is 10.3. The van der Waals surface area contributed by atoms with Gasteiger partial charge in [0, 0.05) is 11.6 Å². The average molecular weight is 227 g/mol. The molecule has 0 spiro atoms. The molecule has 0 saturated carbocycles.